The molecule has 0 N–H and O–H groups in total. The van der Waals surface area contributed by atoms with E-state index in [1.165, 1.54) is 32.5 Å². The van der Waals surface area contributed by atoms with Crippen molar-refractivity contribution in [2.75, 3.05) is 0 Å². The lowest BCUT2D eigenvalue weighted by Crippen LogP contribution is -2.00. The van der Waals surface area contributed by atoms with E-state index in [2.05, 4.69) is 382 Å². The summed E-state index contributed by atoms with van der Waals surface area (Å²) >= 11 is 0. The van der Waals surface area contributed by atoms with Gasteiger partial charge in [0.05, 0.1) is 22.4 Å². The predicted molar refractivity (Wildman–Crippen MR) is 496 cm³/mol. The Bertz CT molecular complexity index is 7430. The highest BCUT2D eigenvalue weighted by Gasteiger charge is 2.21. The van der Waals surface area contributed by atoms with E-state index >= 15 is 0 Å². The van der Waals surface area contributed by atoms with Crippen LogP contribution in [0.5, 0.6) is 0 Å². The number of fused-ring (bicyclic) bond motifs is 8. The summed E-state index contributed by atoms with van der Waals surface area (Å²) in [6.45, 7) is 0. The van der Waals surface area contributed by atoms with Crippen LogP contribution in [-0.4, -0.2) is 39.9 Å². The van der Waals surface area contributed by atoms with Gasteiger partial charge in [0.1, 0.15) is 0 Å². The highest BCUT2D eigenvalue weighted by atomic mass is 15.0. The molecule has 4 heterocycles. The molecule has 22 aromatic rings. The van der Waals surface area contributed by atoms with E-state index in [9.17, 15) is 0 Å². The molecule has 0 fully saturated rings. The van der Waals surface area contributed by atoms with Gasteiger partial charge in [0.2, 0.25) is 0 Å². The lowest BCUT2D eigenvalue weighted by atomic mass is 9.93. The van der Waals surface area contributed by atoms with Crippen molar-refractivity contribution >= 4 is 64.9 Å². The van der Waals surface area contributed by atoms with Gasteiger partial charge in [-0.05, 0) is 142 Å². The van der Waals surface area contributed by atoms with E-state index in [0.717, 1.165) is 155 Å². The lowest BCUT2D eigenvalue weighted by molar-refractivity contribution is 1.07. The molecule has 0 radical (unpaired) electrons. The molecule has 0 saturated carbocycles. The van der Waals surface area contributed by atoms with Gasteiger partial charge >= 0.3 is 0 Å². The van der Waals surface area contributed by atoms with Gasteiger partial charge in [-0.25, -0.2) is 39.9 Å². The summed E-state index contributed by atoms with van der Waals surface area (Å²) in [5.41, 5.74) is 25.4. The molecule has 8 nitrogen and oxygen atoms in total. The van der Waals surface area contributed by atoms with Gasteiger partial charge in [-0.3, -0.25) is 0 Å². The third kappa shape index (κ3) is 14.2. The average Bonchev–Trinajstić information content (AvgIpc) is 0.748. The molecule has 0 spiro atoms. The Balaban J connectivity index is 0.000000149. The van der Waals surface area contributed by atoms with Crippen molar-refractivity contribution in [3.63, 3.8) is 0 Å². The molecular formula is C112H72N8. The second-order valence-electron chi connectivity index (χ2n) is 30.1. The van der Waals surface area contributed by atoms with Crippen molar-refractivity contribution in [3.05, 3.63) is 437 Å². The maximum atomic E-state index is 5.22. The van der Waals surface area contributed by atoms with Gasteiger partial charge in [0.15, 0.2) is 34.9 Å². The number of hydrogen-bond acceptors (Lipinski definition) is 8. The Kier molecular flexibility index (Phi) is 18.8. The molecule has 120 heavy (non-hydrogen) atoms. The number of rotatable bonds is 14. The van der Waals surface area contributed by atoms with Crippen LogP contribution in [0.2, 0.25) is 0 Å². The van der Waals surface area contributed by atoms with E-state index in [4.69, 9.17) is 39.9 Å². The lowest BCUT2D eigenvalue weighted by Gasteiger charge is -2.14. The quantitative estimate of drug-likeness (QED) is 0.0992. The Hall–Kier alpha value is -16.2. The van der Waals surface area contributed by atoms with Crippen LogP contribution in [0.25, 0.3) is 222 Å². The average molecular weight is 1530 g/mol. The zero-order chi connectivity index (χ0) is 79.7. The van der Waals surface area contributed by atoms with Crippen LogP contribution < -0.4 is 0 Å². The fourth-order valence-corrected chi connectivity index (χ4v) is 16.6. The Labute approximate surface area is 694 Å². The number of hydrogen-bond donors (Lipinski definition) is 0. The van der Waals surface area contributed by atoms with E-state index < -0.39 is 0 Å². The molecule has 0 unspecified atom stereocenters. The van der Waals surface area contributed by atoms with Crippen molar-refractivity contribution in [1.82, 2.24) is 39.9 Å². The molecule has 560 valence electrons. The van der Waals surface area contributed by atoms with Crippen LogP contribution in [0.15, 0.2) is 437 Å². The summed E-state index contributed by atoms with van der Waals surface area (Å²) in [5, 5.41) is 11.7. The zero-order valence-corrected chi connectivity index (χ0v) is 65.1. The minimum atomic E-state index is 0.620. The Morgan fingerprint density at radius 1 is 0.125 bits per heavy atom. The highest BCUT2D eigenvalue weighted by Crippen LogP contribution is 2.43. The number of aromatic nitrogens is 8. The topological polar surface area (TPSA) is 103 Å². The Morgan fingerprint density at radius 3 is 0.742 bits per heavy atom. The fourth-order valence-electron chi connectivity index (χ4n) is 16.6. The van der Waals surface area contributed by atoms with E-state index in [1.54, 1.807) is 0 Å². The molecular weight excluding hydrogens is 1460 g/mol. The van der Waals surface area contributed by atoms with E-state index in [1.807, 2.05) is 54.6 Å². The third-order valence-corrected chi connectivity index (χ3v) is 22.6. The van der Waals surface area contributed by atoms with Gasteiger partial charge in [-0.2, -0.15) is 0 Å². The monoisotopic (exact) mass is 1530 g/mol. The van der Waals surface area contributed by atoms with Crippen molar-refractivity contribution in [2.45, 2.75) is 0 Å². The SMILES string of the molecule is c1ccc(-c2cc(-c3ccccc3)cc(-c3nc(-c4ccccc4)nc(-c4ccc(-c5ccc(-c6cccc7nc(-c8ccccc8)c8ccccc8c67)cc5)cc4)n3)c2)cc1.c1ccc(-c2nc3cccc(-c4ccc(-c5ccc(-c6nc(-c7ccc8ccccc8c7)nc(-c7ccc8ccccc8c7)n6)cc5)cc4)c3c3ccccc23)cc1. The van der Waals surface area contributed by atoms with Crippen LogP contribution in [0.1, 0.15) is 0 Å². The summed E-state index contributed by atoms with van der Waals surface area (Å²) in [7, 11) is 0. The molecule has 0 atom stereocenters. The van der Waals surface area contributed by atoms with Gasteiger partial charge in [0.25, 0.3) is 0 Å². The Morgan fingerprint density at radius 2 is 0.375 bits per heavy atom. The minimum absolute atomic E-state index is 0.620. The van der Waals surface area contributed by atoms with Crippen molar-refractivity contribution < 1.29 is 0 Å². The molecule has 0 aliphatic carbocycles. The molecule has 0 amide bonds. The van der Waals surface area contributed by atoms with Crippen LogP contribution >= 0.6 is 0 Å². The van der Waals surface area contributed by atoms with Crippen LogP contribution in [0.3, 0.4) is 0 Å². The summed E-state index contributed by atoms with van der Waals surface area (Å²) < 4.78 is 0. The number of pyridine rings is 2. The largest absolute Gasteiger partial charge is 0.247 e. The van der Waals surface area contributed by atoms with Crippen molar-refractivity contribution in [3.8, 4) is 158 Å². The third-order valence-electron chi connectivity index (χ3n) is 22.6. The molecule has 18 aromatic carbocycles. The smallest absolute Gasteiger partial charge is 0.164 e. The summed E-state index contributed by atoms with van der Waals surface area (Å²) in [4.78, 5) is 40.9. The van der Waals surface area contributed by atoms with Crippen LogP contribution in [-0.2, 0) is 0 Å². The maximum absolute atomic E-state index is 5.22. The second-order valence-corrected chi connectivity index (χ2v) is 30.1. The van der Waals surface area contributed by atoms with Crippen LogP contribution in [0, 0.1) is 0 Å². The molecule has 0 aliphatic heterocycles. The number of benzene rings is 18. The molecule has 8 heteroatoms. The summed E-state index contributed by atoms with van der Waals surface area (Å²) in [6.07, 6.45) is 0. The first kappa shape index (κ1) is 71.6. The second kappa shape index (κ2) is 31.6. The van der Waals surface area contributed by atoms with Gasteiger partial charge in [-0.1, -0.05) is 394 Å². The molecule has 0 bridgehead atoms. The van der Waals surface area contributed by atoms with E-state index in [0.29, 0.717) is 34.9 Å². The van der Waals surface area contributed by atoms with Gasteiger partial charge in [0, 0.05) is 66.1 Å². The number of nitrogens with zero attached hydrogens (tertiary/aromatic N) is 8. The van der Waals surface area contributed by atoms with Gasteiger partial charge in [-0.15, -0.1) is 0 Å². The highest BCUT2D eigenvalue weighted by molar-refractivity contribution is 6.18. The fraction of sp³-hybridized carbons (Fsp3) is 0. The first-order valence-electron chi connectivity index (χ1n) is 40.4. The molecule has 0 aliphatic rings. The summed E-state index contributed by atoms with van der Waals surface area (Å²) in [6, 6.07) is 153. The van der Waals surface area contributed by atoms with Crippen molar-refractivity contribution in [1.29, 1.82) is 0 Å². The normalized spacial score (nSPS) is 11.3. The van der Waals surface area contributed by atoms with Gasteiger partial charge < -0.3 is 0 Å². The molecule has 4 aromatic heterocycles. The maximum Gasteiger partial charge on any atom is 0.164 e. The van der Waals surface area contributed by atoms with Crippen molar-refractivity contribution in [2.24, 2.45) is 0 Å². The van der Waals surface area contributed by atoms with E-state index in [-0.39, 0.29) is 0 Å². The molecule has 0 saturated heterocycles. The molecule has 22 rings (SSSR count). The standard InChI is InChI=1S/C58H38N4.C54H34N4/c1-5-16-39(17-6-1)47-36-48(40-18-7-2-8-19-40)38-49(37-47)58-61-56(45-22-11-4-12-23-45)60-57(62-58)46-34-30-42(31-35-46)41-28-32-43(33-29-41)50-26-15-27-53-54(50)51-24-13-14-25-52(51)55(59-53)44-20-9-3-10-21-44;1-2-13-40(14-3-1)51-48-18-9-8-17-47(48)50-46(19-10-20-49(50)55-51)39-27-21-37(22-28-39)38-23-29-41(30-24-38)52-56-53(44-31-25-35-11-4-6-15-42(35)33-44)58-54(57-52)45-32-26-36-12-5-7-16-43(36)34-45/h1-38H;1-34H. The first-order valence-corrected chi connectivity index (χ1v) is 40.4. The first-order chi connectivity index (χ1) is 59.4. The minimum Gasteiger partial charge on any atom is -0.247 e. The van der Waals surface area contributed by atoms with Crippen LogP contribution in [0.4, 0.5) is 0 Å². The zero-order valence-electron chi connectivity index (χ0n) is 65.1. The predicted octanol–water partition coefficient (Wildman–Crippen LogP) is 28.8. The summed E-state index contributed by atoms with van der Waals surface area (Å²) in [5.74, 6) is 3.79.